The number of methoxy groups -OCH3 is 1. The van der Waals surface area contributed by atoms with Crippen LogP contribution in [-0.4, -0.2) is 21.5 Å². The second kappa shape index (κ2) is 7.06. The van der Waals surface area contributed by atoms with Crippen LogP contribution in [0.15, 0.2) is 54.6 Å². The third-order valence-corrected chi connectivity index (χ3v) is 3.68. The zero-order valence-electron chi connectivity index (χ0n) is 11.9. The molecule has 0 saturated heterocycles. The lowest BCUT2D eigenvalue weighted by atomic mass is 10.2. The Kier molecular flexibility index (Phi) is 5.13. The summed E-state index contributed by atoms with van der Waals surface area (Å²) >= 11 is 0. The van der Waals surface area contributed by atoms with Gasteiger partial charge in [-0.25, -0.2) is 4.79 Å². The molecular weight excluding hydrogens is 306 g/mol. The summed E-state index contributed by atoms with van der Waals surface area (Å²) in [7, 11) is -2.63. The number of hydrogen-bond acceptors (Lipinski definition) is 5. The molecular formula is C15H15NO5S. The molecule has 22 heavy (non-hydrogen) atoms. The zero-order valence-corrected chi connectivity index (χ0v) is 12.7. The van der Waals surface area contributed by atoms with Crippen molar-refractivity contribution < 1.29 is 22.1 Å². The van der Waals surface area contributed by atoms with Crippen LogP contribution in [0.25, 0.3) is 0 Å². The molecule has 1 N–H and O–H groups in total. The molecule has 116 valence electrons. The third kappa shape index (κ3) is 4.57. The summed E-state index contributed by atoms with van der Waals surface area (Å²) < 4.78 is 35.2. The smallest absolute Gasteiger partial charge is 0.385 e. The number of hydrogen-bond donors (Lipinski definition) is 1. The lowest BCUT2D eigenvalue weighted by Crippen LogP contribution is -2.27. The number of carbonyl (C=O) groups is 1. The second-order valence-corrected chi connectivity index (χ2v) is 5.72. The van der Waals surface area contributed by atoms with E-state index in [4.69, 9.17) is 4.74 Å². The normalized spacial score (nSPS) is 11.0. The molecule has 0 fully saturated rings. The van der Waals surface area contributed by atoms with Crippen LogP contribution in [0.5, 0.6) is 5.75 Å². The number of ether oxygens (including phenoxy) is 1. The van der Waals surface area contributed by atoms with E-state index in [0.717, 1.165) is 0 Å². The van der Waals surface area contributed by atoms with Crippen molar-refractivity contribution in [3.63, 3.8) is 0 Å². The number of rotatable bonds is 6. The fourth-order valence-electron chi connectivity index (χ4n) is 1.67. The van der Waals surface area contributed by atoms with Gasteiger partial charge < -0.3 is 8.92 Å². The van der Waals surface area contributed by atoms with Crippen LogP contribution < -0.4 is 9.46 Å². The zero-order chi connectivity index (χ0) is 16.0. The summed E-state index contributed by atoms with van der Waals surface area (Å²) in [5.74, 6) is -0.259. The average molecular weight is 321 g/mol. The monoisotopic (exact) mass is 321 g/mol. The molecule has 0 bridgehead atoms. The summed E-state index contributed by atoms with van der Waals surface area (Å²) in [6, 6.07) is 14.7. The van der Waals surface area contributed by atoms with Crippen LogP contribution in [0.1, 0.15) is 15.9 Å². The van der Waals surface area contributed by atoms with Gasteiger partial charge in [0.15, 0.2) is 0 Å². The Morgan fingerprint density at radius 1 is 1.05 bits per heavy atom. The van der Waals surface area contributed by atoms with Gasteiger partial charge in [-0.15, -0.1) is 0 Å². The maximum Gasteiger partial charge on any atom is 0.385 e. The van der Waals surface area contributed by atoms with E-state index in [1.807, 2.05) is 0 Å². The first-order chi connectivity index (χ1) is 10.5. The van der Waals surface area contributed by atoms with E-state index < -0.39 is 16.3 Å². The van der Waals surface area contributed by atoms with Crippen molar-refractivity contribution >= 4 is 16.3 Å². The first-order valence-corrected chi connectivity index (χ1v) is 7.82. The van der Waals surface area contributed by atoms with E-state index in [1.165, 1.54) is 12.1 Å². The summed E-state index contributed by atoms with van der Waals surface area (Å²) in [5, 5.41) is 0. The average Bonchev–Trinajstić information content (AvgIpc) is 2.54. The van der Waals surface area contributed by atoms with Gasteiger partial charge in [-0.1, -0.05) is 30.3 Å². The first kappa shape index (κ1) is 16.0. The van der Waals surface area contributed by atoms with Crippen molar-refractivity contribution in [2.24, 2.45) is 0 Å². The van der Waals surface area contributed by atoms with Gasteiger partial charge in [-0.05, 0) is 29.8 Å². The molecule has 0 aliphatic heterocycles. The predicted octanol–water partition coefficient (Wildman–Crippen LogP) is 1.89. The SMILES string of the molecule is COc1ccc(CNS(=O)(=O)OC(=O)c2ccccc2)cc1. The molecule has 0 aromatic heterocycles. The minimum absolute atomic E-state index is 0.00833. The lowest BCUT2D eigenvalue weighted by Gasteiger charge is -2.07. The highest BCUT2D eigenvalue weighted by Crippen LogP contribution is 2.11. The highest BCUT2D eigenvalue weighted by molar-refractivity contribution is 7.85. The summed E-state index contributed by atoms with van der Waals surface area (Å²) in [6.45, 7) is 0.00833. The Hall–Kier alpha value is -2.38. The molecule has 0 aliphatic rings. The molecule has 0 amide bonds. The number of benzene rings is 2. The Bertz CT molecular complexity index is 726. The molecule has 0 unspecified atom stereocenters. The number of carbonyl (C=O) groups excluding carboxylic acids is 1. The van der Waals surface area contributed by atoms with E-state index in [0.29, 0.717) is 11.3 Å². The highest BCUT2D eigenvalue weighted by atomic mass is 32.2. The molecule has 0 saturated carbocycles. The standard InChI is InChI=1S/C15H15NO5S/c1-20-14-9-7-12(8-10-14)11-16-22(18,19)21-15(17)13-5-3-2-4-6-13/h2-10,16H,11H2,1H3. The minimum Gasteiger partial charge on any atom is -0.497 e. The molecule has 0 spiro atoms. The van der Waals surface area contributed by atoms with Gasteiger partial charge in [0.25, 0.3) is 0 Å². The Morgan fingerprint density at radius 2 is 1.68 bits per heavy atom. The molecule has 0 aliphatic carbocycles. The van der Waals surface area contributed by atoms with Gasteiger partial charge in [0.2, 0.25) is 0 Å². The largest absolute Gasteiger partial charge is 0.497 e. The van der Waals surface area contributed by atoms with Crippen LogP contribution in [0.4, 0.5) is 0 Å². The van der Waals surface area contributed by atoms with Crippen LogP contribution in [-0.2, 0) is 21.0 Å². The van der Waals surface area contributed by atoms with E-state index in [9.17, 15) is 13.2 Å². The van der Waals surface area contributed by atoms with E-state index in [-0.39, 0.29) is 12.1 Å². The molecule has 0 radical (unpaired) electrons. The van der Waals surface area contributed by atoms with Crippen LogP contribution >= 0.6 is 0 Å². The van der Waals surface area contributed by atoms with E-state index in [1.54, 1.807) is 49.6 Å². The topological polar surface area (TPSA) is 81.7 Å². The summed E-state index contributed by atoms with van der Waals surface area (Å²) in [6.07, 6.45) is 0. The van der Waals surface area contributed by atoms with E-state index in [2.05, 4.69) is 8.91 Å². The number of nitrogens with one attached hydrogen (secondary N) is 1. The Morgan fingerprint density at radius 3 is 2.27 bits per heavy atom. The predicted molar refractivity (Wildman–Crippen MR) is 80.6 cm³/mol. The van der Waals surface area contributed by atoms with Crippen molar-refractivity contribution in [2.75, 3.05) is 7.11 Å². The van der Waals surface area contributed by atoms with Crippen LogP contribution in [0, 0.1) is 0 Å². The Balaban J connectivity index is 1.94. The van der Waals surface area contributed by atoms with Gasteiger partial charge in [-0.3, -0.25) is 0 Å². The molecule has 2 rings (SSSR count). The highest BCUT2D eigenvalue weighted by Gasteiger charge is 2.18. The second-order valence-electron chi connectivity index (χ2n) is 4.36. The van der Waals surface area contributed by atoms with Crippen molar-refractivity contribution in [1.29, 1.82) is 0 Å². The van der Waals surface area contributed by atoms with Gasteiger partial charge in [-0.2, -0.15) is 13.1 Å². The Labute approximate surface area is 128 Å². The summed E-state index contributed by atoms with van der Waals surface area (Å²) in [4.78, 5) is 11.7. The lowest BCUT2D eigenvalue weighted by molar-refractivity contribution is 0.0744. The van der Waals surface area contributed by atoms with Crippen molar-refractivity contribution in [3.05, 3.63) is 65.7 Å². The first-order valence-electron chi connectivity index (χ1n) is 6.41. The molecule has 6 nitrogen and oxygen atoms in total. The molecule has 7 heteroatoms. The van der Waals surface area contributed by atoms with Crippen molar-refractivity contribution in [3.8, 4) is 5.75 Å². The molecule has 2 aromatic rings. The quantitative estimate of drug-likeness (QED) is 0.878. The third-order valence-electron chi connectivity index (χ3n) is 2.81. The van der Waals surface area contributed by atoms with Crippen molar-refractivity contribution in [1.82, 2.24) is 4.72 Å². The fourth-order valence-corrected chi connectivity index (χ4v) is 2.36. The van der Waals surface area contributed by atoms with Crippen LogP contribution in [0.3, 0.4) is 0 Å². The maximum absolute atomic E-state index is 11.7. The van der Waals surface area contributed by atoms with Gasteiger partial charge >= 0.3 is 16.3 Å². The fraction of sp³-hybridized carbons (Fsp3) is 0.133. The van der Waals surface area contributed by atoms with Gasteiger partial charge in [0.1, 0.15) is 5.75 Å². The van der Waals surface area contributed by atoms with E-state index >= 15 is 0 Å². The molecule has 2 aromatic carbocycles. The van der Waals surface area contributed by atoms with Gasteiger partial charge in [0, 0.05) is 6.54 Å². The van der Waals surface area contributed by atoms with Crippen molar-refractivity contribution in [2.45, 2.75) is 6.54 Å². The maximum atomic E-state index is 11.7. The molecule has 0 atom stereocenters. The molecule has 0 heterocycles. The summed E-state index contributed by atoms with van der Waals surface area (Å²) in [5.41, 5.74) is 0.873. The van der Waals surface area contributed by atoms with Crippen LogP contribution in [0.2, 0.25) is 0 Å². The minimum atomic E-state index is -4.17. The van der Waals surface area contributed by atoms with Gasteiger partial charge in [0.05, 0.1) is 12.7 Å².